The zero-order valence-electron chi connectivity index (χ0n) is 13.7. The smallest absolute Gasteiger partial charge is 0.293 e. The van der Waals surface area contributed by atoms with Crippen molar-refractivity contribution < 1.29 is 4.79 Å². The van der Waals surface area contributed by atoms with E-state index < -0.39 is 0 Å². The summed E-state index contributed by atoms with van der Waals surface area (Å²) in [4.78, 5) is 17.5. The van der Waals surface area contributed by atoms with Gasteiger partial charge in [-0.05, 0) is 12.6 Å². The van der Waals surface area contributed by atoms with E-state index in [1.54, 1.807) is 0 Å². The van der Waals surface area contributed by atoms with E-state index in [-0.39, 0.29) is 11.7 Å². The van der Waals surface area contributed by atoms with Gasteiger partial charge >= 0.3 is 0 Å². The van der Waals surface area contributed by atoms with Gasteiger partial charge in [0.05, 0.1) is 5.02 Å². The Bertz CT molecular complexity index is 914. The molecule has 4 rings (SSSR count). The Morgan fingerprint density at radius 3 is 2.68 bits per heavy atom. The number of rotatable bonds is 3. The lowest BCUT2D eigenvalue weighted by Gasteiger charge is -2.33. The number of aromatic nitrogens is 4. The fourth-order valence-electron chi connectivity index (χ4n) is 2.90. The van der Waals surface area contributed by atoms with Gasteiger partial charge in [-0.1, -0.05) is 48.1 Å². The van der Waals surface area contributed by atoms with Crippen molar-refractivity contribution in [2.45, 2.75) is 6.92 Å². The van der Waals surface area contributed by atoms with Gasteiger partial charge in [0.1, 0.15) is 5.01 Å². The van der Waals surface area contributed by atoms with Crippen molar-refractivity contribution in [1.82, 2.24) is 29.6 Å². The number of amides is 1. The number of likely N-dealkylation sites (N-methyl/N-ethyl adjacent to an activating group) is 1. The van der Waals surface area contributed by atoms with Crippen LogP contribution in [-0.4, -0.2) is 68.2 Å². The molecule has 1 saturated heterocycles. The van der Waals surface area contributed by atoms with Gasteiger partial charge in [-0.25, -0.2) is 0 Å². The van der Waals surface area contributed by atoms with Crippen LogP contribution in [0.4, 0.5) is 0 Å². The topological polar surface area (TPSA) is 66.6 Å². The Balaban J connectivity index is 1.63. The van der Waals surface area contributed by atoms with E-state index in [2.05, 4.69) is 27.1 Å². The van der Waals surface area contributed by atoms with Gasteiger partial charge in [0, 0.05) is 31.7 Å². The summed E-state index contributed by atoms with van der Waals surface area (Å²) in [6.07, 6.45) is 0. The van der Waals surface area contributed by atoms with Crippen molar-refractivity contribution in [1.29, 1.82) is 0 Å². The van der Waals surface area contributed by atoms with Crippen molar-refractivity contribution in [2.75, 3.05) is 32.7 Å². The molecular formula is C16H17ClN6OS. The molecule has 0 spiro atoms. The largest absolute Gasteiger partial charge is 0.333 e. The number of nitrogens with zero attached hydrogens (tertiary/aromatic N) is 6. The number of carbonyl (C=O) groups is 1. The third kappa shape index (κ3) is 3.01. The number of halogens is 1. The molecule has 2 aromatic heterocycles. The summed E-state index contributed by atoms with van der Waals surface area (Å²) in [7, 11) is 0. The Kier molecular flexibility index (Phi) is 4.41. The van der Waals surface area contributed by atoms with E-state index in [0.29, 0.717) is 23.1 Å². The summed E-state index contributed by atoms with van der Waals surface area (Å²) in [6.45, 7) is 6.29. The number of hydrogen-bond donors (Lipinski definition) is 0. The van der Waals surface area contributed by atoms with E-state index in [4.69, 9.17) is 11.6 Å². The highest BCUT2D eigenvalue weighted by Gasteiger charge is 2.26. The number of hydrogen-bond acceptors (Lipinski definition) is 6. The minimum Gasteiger partial charge on any atom is -0.333 e. The van der Waals surface area contributed by atoms with Crippen molar-refractivity contribution in [3.8, 4) is 10.6 Å². The Labute approximate surface area is 153 Å². The Morgan fingerprint density at radius 2 is 1.96 bits per heavy atom. The molecule has 130 valence electrons. The fraction of sp³-hybridized carbons (Fsp3) is 0.375. The summed E-state index contributed by atoms with van der Waals surface area (Å²) in [5, 5.41) is 14.0. The van der Waals surface area contributed by atoms with E-state index in [1.165, 1.54) is 15.9 Å². The molecule has 1 amide bonds. The molecule has 0 aliphatic carbocycles. The minimum absolute atomic E-state index is 0.126. The lowest BCUT2D eigenvalue weighted by atomic mass is 10.2. The monoisotopic (exact) mass is 376 g/mol. The molecule has 0 N–H and O–H groups in total. The molecule has 1 aliphatic rings. The van der Waals surface area contributed by atoms with Crippen molar-refractivity contribution >= 4 is 33.8 Å². The quantitative estimate of drug-likeness (QED) is 0.701. The van der Waals surface area contributed by atoms with Gasteiger partial charge in [0.2, 0.25) is 10.8 Å². The van der Waals surface area contributed by atoms with Gasteiger partial charge in [-0.3, -0.25) is 4.79 Å². The first-order valence-corrected chi connectivity index (χ1v) is 9.35. The molecule has 3 aromatic rings. The Morgan fingerprint density at radius 1 is 1.20 bits per heavy atom. The summed E-state index contributed by atoms with van der Waals surface area (Å²) in [5.41, 5.74) is 0.828. The fourth-order valence-corrected chi connectivity index (χ4v) is 4.06. The van der Waals surface area contributed by atoms with Gasteiger partial charge < -0.3 is 9.80 Å². The van der Waals surface area contributed by atoms with E-state index >= 15 is 0 Å². The van der Waals surface area contributed by atoms with Crippen LogP contribution in [0.1, 0.15) is 17.5 Å². The third-order valence-corrected chi connectivity index (χ3v) is 5.65. The summed E-state index contributed by atoms with van der Waals surface area (Å²) in [5.74, 6) is 0.133. The van der Waals surface area contributed by atoms with Crippen molar-refractivity contribution in [3.63, 3.8) is 0 Å². The van der Waals surface area contributed by atoms with E-state index in [1.807, 2.05) is 29.2 Å². The van der Waals surface area contributed by atoms with Crippen LogP contribution in [0.5, 0.6) is 0 Å². The first-order valence-electron chi connectivity index (χ1n) is 8.16. The highest BCUT2D eigenvalue weighted by molar-refractivity contribution is 7.19. The lowest BCUT2D eigenvalue weighted by molar-refractivity contribution is 0.0628. The zero-order valence-corrected chi connectivity index (χ0v) is 15.3. The van der Waals surface area contributed by atoms with Crippen molar-refractivity contribution in [2.24, 2.45) is 0 Å². The van der Waals surface area contributed by atoms with Gasteiger partial charge in [0.15, 0.2) is 0 Å². The number of piperazine rings is 1. The standard InChI is InChI=1S/C16H17ClN6OS/c1-2-21-7-9-22(10-8-21)15(24)13-18-19-16-23(13)20-14(25-16)11-5-3-4-6-12(11)17/h3-6H,2,7-10H2,1H3. The molecule has 25 heavy (non-hydrogen) atoms. The van der Waals surface area contributed by atoms with Crippen LogP contribution in [-0.2, 0) is 0 Å². The first kappa shape index (κ1) is 16.4. The molecule has 1 fully saturated rings. The molecular weight excluding hydrogens is 360 g/mol. The maximum atomic E-state index is 12.8. The lowest BCUT2D eigenvalue weighted by Crippen LogP contribution is -2.48. The molecule has 0 unspecified atom stereocenters. The Hall–Kier alpha value is -2.03. The summed E-state index contributed by atoms with van der Waals surface area (Å²) >= 11 is 7.61. The van der Waals surface area contributed by atoms with E-state index in [0.717, 1.165) is 30.2 Å². The predicted molar refractivity (Wildman–Crippen MR) is 97.1 cm³/mol. The second-order valence-electron chi connectivity index (χ2n) is 5.83. The predicted octanol–water partition coefficient (Wildman–Crippen LogP) is 2.28. The maximum absolute atomic E-state index is 12.8. The van der Waals surface area contributed by atoms with Crippen molar-refractivity contribution in [3.05, 3.63) is 35.1 Å². The third-order valence-electron chi connectivity index (χ3n) is 4.39. The average Bonchev–Trinajstić information content (AvgIpc) is 3.22. The molecule has 7 nitrogen and oxygen atoms in total. The zero-order chi connectivity index (χ0) is 17.4. The SMILES string of the molecule is CCN1CCN(C(=O)c2nnc3sc(-c4ccccc4Cl)nn23)CC1. The normalized spacial score (nSPS) is 15.8. The number of carbonyl (C=O) groups excluding carboxylic acids is 1. The molecule has 0 atom stereocenters. The molecule has 3 heterocycles. The number of fused-ring (bicyclic) bond motifs is 1. The molecule has 1 aliphatic heterocycles. The van der Waals surface area contributed by atoms with Gasteiger partial charge in [-0.15, -0.1) is 10.2 Å². The maximum Gasteiger partial charge on any atom is 0.293 e. The van der Waals surface area contributed by atoms with Gasteiger partial charge in [-0.2, -0.15) is 9.61 Å². The van der Waals surface area contributed by atoms with Crippen LogP contribution < -0.4 is 0 Å². The van der Waals surface area contributed by atoms with Crippen LogP contribution in [0.3, 0.4) is 0 Å². The average molecular weight is 377 g/mol. The van der Waals surface area contributed by atoms with Crippen LogP contribution in [0.15, 0.2) is 24.3 Å². The van der Waals surface area contributed by atoms with Crippen LogP contribution in [0.25, 0.3) is 15.5 Å². The highest BCUT2D eigenvalue weighted by Crippen LogP contribution is 2.31. The summed E-state index contributed by atoms with van der Waals surface area (Å²) < 4.78 is 1.53. The molecule has 0 radical (unpaired) electrons. The molecule has 1 aromatic carbocycles. The molecule has 0 bridgehead atoms. The van der Waals surface area contributed by atoms with Crippen LogP contribution >= 0.6 is 22.9 Å². The van der Waals surface area contributed by atoms with E-state index in [9.17, 15) is 4.79 Å². The summed E-state index contributed by atoms with van der Waals surface area (Å²) in [6, 6.07) is 7.50. The van der Waals surface area contributed by atoms with Crippen LogP contribution in [0, 0.1) is 0 Å². The second-order valence-corrected chi connectivity index (χ2v) is 7.19. The number of benzene rings is 1. The molecule has 9 heteroatoms. The minimum atomic E-state index is -0.126. The van der Waals surface area contributed by atoms with Crippen LogP contribution in [0.2, 0.25) is 5.02 Å². The second kappa shape index (κ2) is 6.70. The molecule has 0 saturated carbocycles. The van der Waals surface area contributed by atoms with Gasteiger partial charge in [0.25, 0.3) is 5.91 Å². The highest BCUT2D eigenvalue weighted by atomic mass is 35.5. The first-order chi connectivity index (χ1) is 12.2.